The summed E-state index contributed by atoms with van der Waals surface area (Å²) in [7, 11) is 0. The normalized spacial score (nSPS) is 20.2. The van der Waals surface area contributed by atoms with Crippen molar-refractivity contribution in [3.05, 3.63) is 34.3 Å². The largest absolute Gasteiger partial charge is 0.388 e. The van der Waals surface area contributed by atoms with Crippen molar-refractivity contribution in [3.63, 3.8) is 0 Å². The van der Waals surface area contributed by atoms with Crippen LogP contribution in [0.4, 0.5) is 0 Å². The van der Waals surface area contributed by atoms with Crippen molar-refractivity contribution in [1.82, 2.24) is 0 Å². The van der Waals surface area contributed by atoms with Crippen molar-refractivity contribution >= 4 is 15.9 Å². The molecule has 0 saturated heterocycles. The Bertz CT molecular complexity index is 358. The number of aliphatic hydroxyl groups is 1. The van der Waals surface area contributed by atoms with Crippen molar-refractivity contribution in [2.75, 3.05) is 0 Å². The van der Waals surface area contributed by atoms with E-state index in [1.807, 2.05) is 24.3 Å². The Kier molecular flexibility index (Phi) is 3.70. The summed E-state index contributed by atoms with van der Waals surface area (Å²) in [5, 5.41) is 10.5. The van der Waals surface area contributed by atoms with Crippen molar-refractivity contribution in [2.24, 2.45) is 5.41 Å². The number of aliphatic hydroxyl groups excluding tert-OH is 1. The maximum atomic E-state index is 10.5. The highest BCUT2D eigenvalue weighted by atomic mass is 79.9. The maximum Gasteiger partial charge on any atom is 0.0846 e. The van der Waals surface area contributed by atoms with Gasteiger partial charge in [0, 0.05) is 9.89 Å². The lowest BCUT2D eigenvalue weighted by Gasteiger charge is -2.46. The molecule has 0 aliphatic heterocycles. The Labute approximate surface area is 106 Å². The van der Waals surface area contributed by atoms with Gasteiger partial charge in [-0.05, 0) is 37.0 Å². The first-order valence-electron chi connectivity index (χ1n) is 6.11. The zero-order valence-corrected chi connectivity index (χ0v) is 11.3. The van der Waals surface area contributed by atoms with E-state index in [-0.39, 0.29) is 11.5 Å². The summed E-state index contributed by atoms with van der Waals surface area (Å²) < 4.78 is 1.05. The summed E-state index contributed by atoms with van der Waals surface area (Å²) in [6.45, 7) is 2.20. The molecule has 1 aromatic carbocycles. The van der Waals surface area contributed by atoms with Gasteiger partial charge in [-0.3, -0.25) is 0 Å². The predicted octanol–water partition coefficient (Wildman–Crippen LogP) is 4.45. The van der Waals surface area contributed by atoms with E-state index in [1.54, 1.807) is 0 Å². The van der Waals surface area contributed by atoms with E-state index >= 15 is 0 Å². The number of hydrogen-bond donors (Lipinski definition) is 1. The van der Waals surface area contributed by atoms with Crippen LogP contribution >= 0.6 is 15.9 Å². The van der Waals surface area contributed by atoms with E-state index in [1.165, 1.54) is 19.3 Å². The van der Waals surface area contributed by atoms with E-state index in [2.05, 4.69) is 22.9 Å². The van der Waals surface area contributed by atoms with E-state index in [4.69, 9.17) is 0 Å². The molecule has 1 atom stereocenters. The van der Waals surface area contributed by atoms with Gasteiger partial charge in [-0.1, -0.05) is 47.8 Å². The van der Waals surface area contributed by atoms with Gasteiger partial charge < -0.3 is 5.11 Å². The van der Waals surface area contributed by atoms with Crippen molar-refractivity contribution in [3.8, 4) is 0 Å². The molecule has 2 heteroatoms. The number of rotatable bonds is 4. The fourth-order valence-corrected chi connectivity index (χ4v) is 3.24. The molecule has 1 aromatic rings. The second-order valence-corrected chi connectivity index (χ2v) is 5.84. The minimum absolute atomic E-state index is 0.162. The lowest BCUT2D eigenvalue weighted by atomic mass is 9.61. The van der Waals surface area contributed by atoms with Crippen LogP contribution in [-0.4, -0.2) is 5.11 Å². The van der Waals surface area contributed by atoms with Crippen LogP contribution in [0.15, 0.2) is 28.7 Å². The Morgan fingerprint density at radius 1 is 1.44 bits per heavy atom. The van der Waals surface area contributed by atoms with E-state index < -0.39 is 0 Å². The smallest absolute Gasteiger partial charge is 0.0846 e. The molecule has 1 aliphatic carbocycles. The second kappa shape index (κ2) is 4.89. The van der Waals surface area contributed by atoms with E-state index in [0.29, 0.717) is 0 Å². The van der Waals surface area contributed by atoms with Crippen LogP contribution in [-0.2, 0) is 0 Å². The summed E-state index contributed by atoms with van der Waals surface area (Å²) in [5.41, 5.74) is 1.22. The van der Waals surface area contributed by atoms with Gasteiger partial charge in [0.2, 0.25) is 0 Å². The van der Waals surface area contributed by atoms with Crippen LogP contribution in [0.5, 0.6) is 0 Å². The highest BCUT2D eigenvalue weighted by Crippen LogP contribution is 2.53. The number of hydrogen-bond acceptors (Lipinski definition) is 1. The average molecular weight is 283 g/mol. The first kappa shape index (κ1) is 12.1. The van der Waals surface area contributed by atoms with Gasteiger partial charge in [-0.15, -0.1) is 0 Å². The van der Waals surface area contributed by atoms with Crippen LogP contribution in [0.3, 0.4) is 0 Å². The number of benzene rings is 1. The second-order valence-electron chi connectivity index (χ2n) is 4.92. The molecule has 0 radical (unpaired) electrons. The lowest BCUT2D eigenvalue weighted by Crippen LogP contribution is -2.35. The van der Waals surface area contributed by atoms with Crippen LogP contribution in [0.25, 0.3) is 0 Å². The molecule has 0 aromatic heterocycles. The first-order chi connectivity index (χ1) is 7.68. The molecule has 0 amide bonds. The standard InChI is InChI=1S/C14H19BrO/c1-2-7-14(8-4-9-14)13(16)11-5-3-6-12(15)10-11/h3,5-6,10,13,16H,2,4,7-9H2,1H3/t13-/m0/s1. The van der Waals surface area contributed by atoms with Gasteiger partial charge in [0.05, 0.1) is 6.10 Å². The van der Waals surface area contributed by atoms with Crippen molar-refractivity contribution in [2.45, 2.75) is 45.1 Å². The third-order valence-corrected chi connectivity index (χ3v) is 4.33. The first-order valence-corrected chi connectivity index (χ1v) is 6.91. The molecule has 0 spiro atoms. The van der Waals surface area contributed by atoms with Gasteiger partial charge in [0.1, 0.15) is 0 Å². The molecular formula is C14H19BrO. The highest BCUT2D eigenvalue weighted by molar-refractivity contribution is 9.10. The number of halogens is 1. The van der Waals surface area contributed by atoms with Gasteiger partial charge >= 0.3 is 0 Å². The molecule has 88 valence electrons. The van der Waals surface area contributed by atoms with Crippen LogP contribution < -0.4 is 0 Å². The predicted molar refractivity (Wildman–Crippen MR) is 70.3 cm³/mol. The molecule has 2 rings (SSSR count). The summed E-state index contributed by atoms with van der Waals surface area (Å²) >= 11 is 3.46. The topological polar surface area (TPSA) is 20.2 Å². The van der Waals surface area contributed by atoms with E-state index in [0.717, 1.165) is 22.9 Å². The fraction of sp³-hybridized carbons (Fsp3) is 0.571. The van der Waals surface area contributed by atoms with Crippen molar-refractivity contribution < 1.29 is 5.11 Å². The van der Waals surface area contributed by atoms with Crippen molar-refractivity contribution in [1.29, 1.82) is 0 Å². The minimum Gasteiger partial charge on any atom is -0.388 e. The highest BCUT2D eigenvalue weighted by Gasteiger charge is 2.43. The molecule has 16 heavy (non-hydrogen) atoms. The Morgan fingerprint density at radius 2 is 2.19 bits per heavy atom. The van der Waals surface area contributed by atoms with Crippen LogP contribution in [0, 0.1) is 5.41 Å². The fourth-order valence-electron chi connectivity index (χ4n) is 2.82. The molecule has 0 unspecified atom stereocenters. The Morgan fingerprint density at radius 3 is 2.69 bits per heavy atom. The van der Waals surface area contributed by atoms with Crippen LogP contribution in [0.2, 0.25) is 0 Å². The molecule has 0 heterocycles. The Balaban J connectivity index is 2.20. The van der Waals surface area contributed by atoms with Gasteiger partial charge in [-0.2, -0.15) is 0 Å². The SMILES string of the molecule is CCCC1([C@@H](O)c2cccc(Br)c2)CCC1. The van der Waals surface area contributed by atoms with Gasteiger partial charge in [0.15, 0.2) is 0 Å². The zero-order chi connectivity index (χ0) is 11.6. The Hall–Kier alpha value is -0.340. The molecule has 1 nitrogen and oxygen atoms in total. The molecule has 1 fully saturated rings. The molecular weight excluding hydrogens is 264 g/mol. The maximum absolute atomic E-state index is 10.5. The molecule has 0 bridgehead atoms. The third-order valence-electron chi connectivity index (χ3n) is 3.84. The summed E-state index contributed by atoms with van der Waals surface area (Å²) in [4.78, 5) is 0. The molecule has 1 N–H and O–H groups in total. The van der Waals surface area contributed by atoms with Gasteiger partial charge in [-0.25, -0.2) is 0 Å². The minimum atomic E-state index is -0.293. The third kappa shape index (κ3) is 2.18. The zero-order valence-electron chi connectivity index (χ0n) is 9.75. The quantitative estimate of drug-likeness (QED) is 0.865. The monoisotopic (exact) mass is 282 g/mol. The molecule has 1 aliphatic rings. The average Bonchev–Trinajstić information content (AvgIpc) is 2.22. The summed E-state index contributed by atoms with van der Waals surface area (Å²) in [6.07, 6.45) is 5.62. The molecule has 1 saturated carbocycles. The van der Waals surface area contributed by atoms with Gasteiger partial charge in [0.25, 0.3) is 0 Å². The summed E-state index contributed by atoms with van der Waals surface area (Å²) in [5.74, 6) is 0. The van der Waals surface area contributed by atoms with Crippen LogP contribution in [0.1, 0.15) is 50.7 Å². The van der Waals surface area contributed by atoms with E-state index in [9.17, 15) is 5.11 Å². The summed E-state index contributed by atoms with van der Waals surface area (Å²) in [6, 6.07) is 8.08. The lowest BCUT2D eigenvalue weighted by molar-refractivity contribution is -0.0440.